The van der Waals surface area contributed by atoms with Crippen molar-refractivity contribution in [2.45, 2.75) is 19.6 Å². The van der Waals surface area contributed by atoms with E-state index in [1.54, 1.807) is 24.1 Å². The van der Waals surface area contributed by atoms with Crippen LogP contribution >= 0.6 is 0 Å². The summed E-state index contributed by atoms with van der Waals surface area (Å²) >= 11 is 0. The van der Waals surface area contributed by atoms with Gasteiger partial charge in [-0.2, -0.15) is 13.2 Å². The van der Waals surface area contributed by atoms with Crippen LogP contribution in [0.1, 0.15) is 18.1 Å². The van der Waals surface area contributed by atoms with Gasteiger partial charge in [-0.15, -0.1) is 5.10 Å². The Balaban J connectivity index is 1.39. The number of piperazine rings is 1. The lowest BCUT2D eigenvalue weighted by Crippen LogP contribution is -2.50. The number of nitrogens with one attached hydrogen (secondary N) is 3. The smallest absolute Gasteiger partial charge is 0.378 e. The van der Waals surface area contributed by atoms with Gasteiger partial charge in [0.1, 0.15) is 11.3 Å². The Hall–Kier alpha value is -4.77. The number of carbonyl (C=O) groups is 3. The molecule has 0 atom stereocenters. The van der Waals surface area contributed by atoms with E-state index >= 15 is 0 Å². The zero-order valence-electron chi connectivity index (χ0n) is 25.4. The molecule has 3 aromatic rings. The summed E-state index contributed by atoms with van der Waals surface area (Å²) in [7, 11) is 1.34. The summed E-state index contributed by atoms with van der Waals surface area (Å²) < 4.78 is 49.8. The van der Waals surface area contributed by atoms with E-state index in [2.05, 4.69) is 35.9 Å². The zero-order chi connectivity index (χ0) is 32.8. The number of anilines is 2. The molecule has 0 radical (unpaired) electrons. The highest BCUT2D eigenvalue weighted by Gasteiger charge is 2.36. The quantitative estimate of drug-likeness (QED) is 0.312. The van der Waals surface area contributed by atoms with E-state index in [0.717, 1.165) is 17.8 Å². The van der Waals surface area contributed by atoms with Crippen LogP contribution in [-0.4, -0.2) is 113 Å². The molecule has 3 N–H and O–H groups in total. The van der Waals surface area contributed by atoms with Gasteiger partial charge in [0.25, 0.3) is 0 Å². The van der Waals surface area contributed by atoms with Crippen LogP contribution in [0.15, 0.2) is 36.7 Å². The van der Waals surface area contributed by atoms with E-state index in [1.165, 1.54) is 17.6 Å². The van der Waals surface area contributed by atoms with Crippen LogP contribution in [0.2, 0.25) is 0 Å². The maximum Gasteiger partial charge on any atom is 0.417 e. The number of alkyl halides is 3. The number of carbonyl (C=O) groups excluding carboxylic acids is 3. The highest BCUT2D eigenvalue weighted by Crippen LogP contribution is 2.38. The highest BCUT2D eigenvalue weighted by molar-refractivity contribution is 5.91. The molecular formula is C29H35F3N10O4. The predicted octanol–water partition coefficient (Wildman–Crippen LogP) is 1.73. The number of urea groups is 1. The molecule has 0 unspecified atom stereocenters. The number of ether oxygens (including phenoxy) is 1. The third-order valence-corrected chi connectivity index (χ3v) is 7.59. The number of hydrogen-bond acceptors (Lipinski definition) is 9. The summed E-state index contributed by atoms with van der Waals surface area (Å²) in [5, 5.41) is 11.6. The van der Waals surface area contributed by atoms with Gasteiger partial charge in [-0.3, -0.25) is 19.8 Å². The molecule has 4 amide bonds. The molecule has 5 heterocycles. The Bertz CT molecular complexity index is 1610. The van der Waals surface area contributed by atoms with Crippen molar-refractivity contribution in [1.82, 2.24) is 40.0 Å². The van der Waals surface area contributed by atoms with Crippen molar-refractivity contribution in [2.24, 2.45) is 0 Å². The van der Waals surface area contributed by atoms with E-state index in [-0.39, 0.29) is 35.6 Å². The molecule has 3 aromatic heterocycles. The lowest BCUT2D eigenvalue weighted by Gasteiger charge is -2.34. The Kier molecular flexibility index (Phi) is 10.0. The van der Waals surface area contributed by atoms with Gasteiger partial charge in [0, 0.05) is 65.3 Å². The predicted molar refractivity (Wildman–Crippen MR) is 162 cm³/mol. The first-order valence-electron chi connectivity index (χ1n) is 14.7. The van der Waals surface area contributed by atoms with Gasteiger partial charge in [-0.25, -0.2) is 19.3 Å². The molecule has 2 fully saturated rings. The van der Waals surface area contributed by atoms with Crippen LogP contribution in [0, 0.1) is 0 Å². The number of morpholine rings is 1. The lowest BCUT2D eigenvalue weighted by molar-refractivity contribution is -0.137. The number of amides is 4. The summed E-state index contributed by atoms with van der Waals surface area (Å²) in [4.78, 5) is 50.3. The Morgan fingerprint density at radius 2 is 1.80 bits per heavy atom. The van der Waals surface area contributed by atoms with Crippen LogP contribution in [0.5, 0.6) is 0 Å². The van der Waals surface area contributed by atoms with Crippen molar-refractivity contribution >= 4 is 35.0 Å². The molecule has 0 aromatic carbocycles. The largest absolute Gasteiger partial charge is 0.417 e. The number of hydrogen-bond donors (Lipinski definition) is 3. The summed E-state index contributed by atoms with van der Waals surface area (Å²) in [5.74, 6) is -0.450. The molecule has 0 saturated carbocycles. The van der Waals surface area contributed by atoms with E-state index in [4.69, 9.17) is 4.74 Å². The fourth-order valence-corrected chi connectivity index (χ4v) is 5.26. The molecule has 5 rings (SSSR count). The molecule has 0 aliphatic carbocycles. The molecule has 2 saturated heterocycles. The third-order valence-electron chi connectivity index (χ3n) is 7.59. The third kappa shape index (κ3) is 7.71. The Morgan fingerprint density at radius 3 is 2.48 bits per heavy atom. The number of allylic oxidation sites excluding steroid dienone is 1. The second-order valence-corrected chi connectivity index (χ2v) is 10.7. The molecule has 0 spiro atoms. The molecule has 14 nitrogen and oxygen atoms in total. The maximum absolute atomic E-state index is 14.3. The first kappa shape index (κ1) is 32.6. The van der Waals surface area contributed by atoms with E-state index in [9.17, 15) is 27.6 Å². The number of pyridine rings is 1. The number of halogens is 3. The second-order valence-electron chi connectivity index (χ2n) is 10.7. The van der Waals surface area contributed by atoms with Crippen molar-refractivity contribution < 1.29 is 32.3 Å². The number of aromatic nitrogens is 4. The minimum absolute atomic E-state index is 0.0712. The molecule has 2 aliphatic heterocycles. The summed E-state index contributed by atoms with van der Waals surface area (Å²) in [5.41, 5.74) is 0.135. The molecule has 17 heteroatoms. The van der Waals surface area contributed by atoms with Gasteiger partial charge in [-0.05, 0) is 30.7 Å². The van der Waals surface area contributed by atoms with Crippen LogP contribution in [0.4, 0.5) is 29.6 Å². The van der Waals surface area contributed by atoms with Crippen molar-refractivity contribution in [2.75, 3.05) is 76.3 Å². The van der Waals surface area contributed by atoms with Crippen LogP contribution in [-0.2, 0) is 27.0 Å². The average Bonchev–Trinajstić information content (AvgIpc) is 3.46. The standard InChI is InChI=1S/C29H35F3N10O4/c1-3-4-24(43)35-16-25(44)40-7-5-39(6-8-40)17-19-13-22-27(41-9-11-46-12-10-41)37-26(38-42(22)18-19)20-15-34-23(36-28(45)33-2)14-21(20)29(30,31)32/h3-4,13-15,18H,5-12,16-17H2,1-2H3,(H,35,43)(H2,33,34,36,45)/b4-3-. The molecular weight excluding hydrogens is 609 g/mol. The van der Waals surface area contributed by atoms with Gasteiger partial charge in [0.2, 0.25) is 11.8 Å². The molecule has 2 aliphatic rings. The molecule has 0 bridgehead atoms. The molecule has 246 valence electrons. The second kappa shape index (κ2) is 14.1. The maximum atomic E-state index is 14.3. The van der Waals surface area contributed by atoms with Crippen molar-refractivity contribution in [3.63, 3.8) is 0 Å². The molecule has 46 heavy (non-hydrogen) atoms. The van der Waals surface area contributed by atoms with E-state index < -0.39 is 17.8 Å². The summed E-state index contributed by atoms with van der Waals surface area (Å²) in [6.45, 7) is 6.24. The zero-order valence-corrected chi connectivity index (χ0v) is 25.4. The van der Waals surface area contributed by atoms with E-state index in [1.807, 2.05) is 11.0 Å². The van der Waals surface area contributed by atoms with Crippen molar-refractivity contribution in [3.05, 3.63) is 47.8 Å². The number of rotatable bonds is 8. The van der Waals surface area contributed by atoms with Crippen molar-refractivity contribution in [3.8, 4) is 11.4 Å². The Labute approximate surface area is 262 Å². The van der Waals surface area contributed by atoms with Crippen LogP contribution in [0.3, 0.4) is 0 Å². The SMILES string of the molecule is C/C=C\C(=O)NCC(=O)N1CCN(Cc2cc3c(N4CCOCC4)nc(-c4cnc(NC(=O)NC)cc4C(F)(F)F)nn3c2)CC1. The highest BCUT2D eigenvalue weighted by atomic mass is 19.4. The number of nitrogens with zero attached hydrogens (tertiary/aromatic N) is 7. The summed E-state index contributed by atoms with van der Waals surface area (Å²) in [6, 6.07) is 1.97. The van der Waals surface area contributed by atoms with Gasteiger partial charge >= 0.3 is 12.2 Å². The van der Waals surface area contributed by atoms with Gasteiger partial charge in [-0.1, -0.05) is 6.08 Å². The first-order chi connectivity index (χ1) is 22.0. The Morgan fingerprint density at radius 1 is 1.07 bits per heavy atom. The topological polar surface area (TPSA) is 149 Å². The average molecular weight is 645 g/mol. The lowest BCUT2D eigenvalue weighted by atomic mass is 10.1. The van der Waals surface area contributed by atoms with Crippen LogP contribution in [0.25, 0.3) is 16.9 Å². The van der Waals surface area contributed by atoms with Gasteiger partial charge in [0.15, 0.2) is 11.6 Å². The van der Waals surface area contributed by atoms with E-state index in [0.29, 0.717) is 70.4 Å². The minimum atomic E-state index is -4.78. The first-order valence-corrected chi connectivity index (χ1v) is 14.7. The van der Waals surface area contributed by atoms with Crippen molar-refractivity contribution in [1.29, 1.82) is 0 Å². The van der Waals surface area contributed by atoms with Crippen LogP contribution < -0.4 is 20.9 Å². The monoisotopic (exact) mass is 644 g/mol. The minimum Gasteiger partial charge on any atom is -0.378 e. The number of fused-ring (bicyclic) bond motifs is 1. The fraction of sp³-hybridized carbons (Fsp3) is 0.448. The fourth-order valence-electron chi connectivity index (χ4n) is 5.26. The van der Waals surface area contributed by atoms with Gasteiger partial charge < -0.3 is 25.2 Å². The van der Waals surface area contributed by atoms with Gasteiger partial charge in [0.05, 0.1) is 30.9 Å². The summed E-state index contributed by atoms with van der Waals surface area (Å²) in [6.07, 6.45) is 0.956. The normalized spacial score (nSPS) is 16.2.